The molecule has 0 radical (unpaired) electrons. The van der Waals surface area contributed by atoms with Crippen LogP contribution in [0.1, 0.15) is 32.1 Å². The van der Waals surface area contributed by atoms with Gasteiger partial charge < -0.3 is 0 Å². The average molecular weight is 438 g/mol. The highest BCUT2D eigenvalue weighted by Gasteiger charge is 2.55. The van der Waals surface area contributed by atoms with Gasteiger partial charge in [-0.3, -0.25) is 15.6 Å². The first kappa shape index (κ1) is 20.1. The van der Waals surface area contributed by atoms with Gasteiger partial charge in [-0.15, -0.1) is 23.5 Å². The molecule has 3 nitrogen and oxygen atoms in total. The van der Waals surface area contributed by atoms with Crippen molar-refractivity contribution in [2.45, 2.75) is 36.2 Å². The van der Waals surface area contributed by atoms with E-state index in [0.717, 1.165) is 30.8 Å². The summed E-state index contributed by atoms with van der Waals surface area (Å²) in [7, 11) is 0. The molecule has 154 valence electrons. The van der Waals surface area contributed by atoms with E-state index < -0.39 is 40.7 Å². The zero-order chi connectivity index (χ0) is 20.1. The van der Waals surface area contributed by atoms with Gasteiger partial charge in [-0.05, 0) is 37.5 Å². The van der Waals surface area contributed by atoms with E-state index in [1.54, 1.807) is 0 Å². The van der Waals surface area contributed by atoms with E-state index in [9.17, 15) is 26.7 Å². The first-order chi connectivity index (χ1) is 13.3. The molecule has 1 amide bonds. The van der Waals surface area contributed by atoms with Crippen molar-refractivity contribution in [3.05, 3.63) is 29.1 Å². The largest absolute Gasteiger partial charge is 0.293 e. The van der Waals surface area contributed by atoms with Gasteiger partial charge in [0.15, 0.2) is 23.3 Å². The maximum absolute atomic E-state index is 13.7. The summed E-state index contributed by atoms with van der Waals surface area (Å²) in [6.45, 7) is 0. The predicted molar refractivity (Wildman–Crippen MR) is 99.2 cm³/mol. The quantitative estimate of drug-likeness (QED) is 0.307. The summed E-state index contributed by atoms with van der Waals surface area (Å²) in [6, 6.07) is 0. The highest BCUT2D eigenvalue weighted by molar-refractivity contribution is 8.21. The molecular formula is C18H19F5N2OS2. The Balaban J connectivity index is 1.46. The minimum Gasteiger partial charge on any atom is -0.293 e. The predicted octanol–water partition coefficient (Wildman–Crippen LogP) is 4.83. The minimum atomic E-state index is -2.23. The summed E-state index contributed by atoms with van der Waals surface area (Å²) in [5.74, 6) is -8.19. The normalized spacial score (nSPS) is 28.4. The summed E-state index contributed by atoms with van der Waals surface area (Å²) in [5, 5.41) is 0. The number of hydrogen-bond donors (Lipinski definition) is 2. The van der Waals surface area contributed by atoms with Crippen LogP contribution in [0.5, 0.6) is 0 Å². The number of hydrazine groups is 1. The number of amides is 1. The maximum Gasteiger partial charge on any atom is 0.241 e. The summed E-state index contributed by atoms with van der Waals surface area (Å²) in [4.78, 5) is 12.6. The third-order valence-corrected chi connectivity index (χ3v) is 10.0. The van der Waals surface area contributed by atoms with Crippen LogP contribution in [0.2, 0.25) is 0 Å². The second kappa shape index (κ2) is 7.59. The zero-order valence-corrected chi connectivity index (χ0v) is 16.4. The third-order valence-electron chi connectivity index (χ3n) is 6.01. The summed E-state index contributed by atoms with van der Waals surface area (Å²) >= 11 is 3.98. The van der Waals surface area contributed by atoms with Gasteiger partial charge in [0.05, 0.1) is 4.08 Å². The van der Waals surface area contributed by atoms with Crippen molar-refractivity contribution in [3.63, 3.8) is 0 Å². The van der Waals surface area contributed by atoms with Crippen LogP contribution >= 0.6 is 23.5 Å². The van der Waals surface area contributed by atoms with Crippen LogP contribution in [-0.4, -0.2) is 21.5 Å². The molecule has 3 aliphatic rings. The first-order valence-corrected chi connectivity index (χ1v) is 11.2. The molecule has 2 bridgehead atoms. The Bertz CT molecular complexity index is 758. The van der Waals surface area contributed by atoms with E-state index >= 15 is 0 Å². The Morgan fingerprint density at radius 3 is 1.89 bits per heavy atom. The molecular weight excluding hydrogens is 419 g/mol. The van der Waals surface area contributed by atoms with Crippen LogP contribution in [0.15, 0.2) is 0 Å². The lowest BCUT2D eigenvalue weighted by atomic mass is 9.67. The number of carbonyl (C=O) groups excluding carboxylic acids is 1. The number of anilines is 1. The molecule has 1 aliphatic heterocycles. The van der Waals surface area contributed by atoms with Crippen molar-refractivity contribution >= 4 is 35.1 Å². The van der Waals surface area contributed by atoms with Gasteiger partial charge in [0, 0.05) is 17.4 Å². The van der Waals surface area contributed by atoms with Gasteiger partial charge in [0.1, 0.15) is 5.69 Å². The van der Waals surface area contributed by atoms with Crippen molar-refractivity contribution in [3.8, 4) is 0 Å². The van der Waals surface area contributed by atoms with Gasteiger partial charge in [0.2, 0.25) is 11.7 Å². The standard InChI is InChI=1S/C18H19F5N2OS2/c19-11-12(20)14(22)16(15(23)13(11)21)24-25-17(26)8-6-9-2-1-3-10(7-8)18(9)27-4-5-28-18/h8-10,24H,1-7H2,(H,25,26). The summed E-state index contributed by atoms with van der Waals surface area (Å²) in [6.07, 6.45) is 4.56. The van der Waals surface area contributed by atoms with Gasteiger partial charge in [-0.25, -0.2) is 22.0 Å². The number of nitrogens with one attached hydrogen (secondary N) is 2. The summed E-state index contributed by atoms with van der Waals surface area (Å²) < 4.78 is 67.4. The third kappa shape index (κ3) is 3.16. The Morgan fingerprint density at radius 1 is 0.857 bits per heavy atom. The van der Waals surface area contributed by atoms with E-state index in [1.807, 2.05) is 28.9 Å². The molecule has 1 aromatic rings. The number of thioether (sulfide) groups is 2. The molecule has 1 heterocycles. The number of rotatable bonds is 3. The smallest absolute Gasteiger partial charge is 0.241 e. The molecule has 1 aromatic carbocycles. The van der Waals surface area contributed by atoms with E-state index in [4.69, 9.17) is 0 Å². The fourth-order valence-electron chi connectivity index (χ4n) is 4.76. The SMILES string of the molecule is O=C(NNc1c(F)c(F)c(F)c(F)c1F)C1CC2CCCC(C1)C21SCCS1. The van der Waals surface area contributed by atoms with Crippen LogP contribution in [-0.2, 0) is 4.79 Å². The van der Waals surface area contributed by atoms with Crippen molar-refractivity contribution < 1.29 is 26.7 Å². The van der Waals surface area contributed by atoms with Crippen LogP contribution in [0, 0.1) is 46.8 Å². The lowest BCUT2D eigenvalue weighted by molar-refractivity contribution is -0.127. The Hall–Kier alpha value is -1.16. The van der Waals surface area contributed by atoms with Gasteiger partial charge in [0.25, 0.3) is 0 Å². The fraction of sp³-hybridized carbons (Fsp3) is 0.611. The van der Waals surface area contributed by atoms with Crippen LogP contribution in [0.25, 0.3) is 0 Å². The topological polar surface area (TPSA) is 41.1 Å². The molecule has 2 aliphatic carbocycles. The average Bonchev–Trinajstić information content (AvgIpc) is 3.14. The van der Waals surface area contributed by atoms with Crippen molar-refractivity contribution in [1.82, 2.24) is 5.43 Å². The van der Waals surface area contributed by atoms with Crippen LogP contribution in [0.3, 0.4) is 0 Å². The number of carbonyl (C=O) groups is 1. The molecule has 4 rings (SSSR count). The van der Waals surface area contributed by atoms with E-state index in [-0.39, 0.29) is 10.00 Å². The first-order valence-electron chi connectivity index (χ1n) is 9.20. The fourth-order valence-corrected chi connectivity index (χ4v) is 8.70. The Morgan fingerprint density at radius 2 is 1.36 bits per heavy atom. The number of halogens is 5. The van der Waals surface area contributed by atoms with Gasteiger partial charge in [-0.1, -0.05) is 6.42 Å². The number of benzene rings is 1. The van der Waals surface area contributed by atoms with E-state index in [2.05, 4.69) is 5.43 Å². The van der Waals surface area contributed by atoms with Crippen molar-refractivity contribution in [2.75, 3.05) is 16.9 Å². The highest BCUT2D eigenvalue weighted by atomic mass is 32.2. The van der Waals surface area contributed by atoms with E-state index in [1.165, 1.54) is 0 Å². The van der Waals surface area contributed by atoms with Crippen molar-refractivity contribution in [2.24, 2.45) is 17.8 Å². The van der Waals surface area contributed by atoms with Gasteiger partial charge >= 0.3 is 0 Å². The van der Waals surface area contributed by atoms with E-state index in [0.29, 0.717) is 24.7 Å². The molecule has 1 spiro atoms. The second-order valence-electron chi connectivity index (χ2n) is 7.47. The molecule has 28 heavy (non-hydrogen) atoms. The molecule has 2 saturated carbocycles. The van der Waals surface area contributed by atoms with Gasteiger partial charge in [-0.2, -0.15) is 0 Å². The minimum absolute atomic E-state index is 0.171. The Kier molecular flexibility index (Phi) is 5.45. The molecule has 2 N–H and O–H groups in total. The Labute approximate surface area is 167 Å². The maximum atomic E-state index is 13.7. The molecule has 2 atom stereocenters. The molecule has 2 unspecified atom stereocenters. The van der Waals surface area contributed by atoms with Crippen LogP contribution in [0.4, 0.5) is 27.6 Å². The second-order valence-corrected chi connectivity index (χ2v) is 10.5. The zero-order valence-electron chi connectivity index (χ0n) is 14.8. The monoisotopic (exact) mass is 438 g/mol. The van der Waals surface area contributed by atoms with Crippen molar-refractivity contribution in [1.29, 1.82) is 0 Å². The molecule has 0 aromatic heterocycles. The molecule has 10 heteroatoms. The van der Waals surface area contributed by atoms with Crippen LogP contribution < -0.4 is 10.9 Å². The lowest BCUT2D eigenvalue weighted by Crippen LogP contribution is -2.50. The summed E-state index contributed by atoms with van der Waals surface area (Å²) in [5.41, 5.74) is 2.81. The molecule has 1 saturated heterocycles. The highest BCUT2D eigenvalue weighted by Crippen LogP contribution is 2.64. The lowest BCUT2D eigenvalue weighted by Gasteiger charge is -2.52. The number of hydrogen-bond acceptors (Lipinski definition) is 4. The molecule has 3 fully saturated rings.